The molecule has 0 saturated carbocycles. The second-order valence-corrected chi connectivity index (χ2v) is 7.66. The van der Waals surface area contributed by atoms with Gasteiger partial charge in [0.15, 0.2) is 0 Å². The summed E-state index contributed by atoms with van der Waals surface area (Å²) in [6.45, 7) is -0.262. The van der Waals surface area contributed by atoms with Gasteiger partial charge in [0.1, 0.15) is 6.10 Å². The first-order chi connectivity index (χ1) is 14.3. The Bertz CT molecular complexity index is 1010. The van der Waals surface area contributed by atoms with Crippen molar-refractivity contribution in [2.75, 3.05) is 6.61 Å². The van der Waals surface area contributed by atoms with Crippen LogP contribution in [0.1, 0.15) is 22.0 Å². The van der Waals surface area contributed by atoms with Gasteiger partial charge in [-0.1, -0.05) is 66.7 Å². The van der Waals surface area contributed by atoms with Gasteiger partial charge in [0.05, 0.1) is 23.1 Å². The summed E-state index contributed by atoms with van der Waals surface area (Å²) < 4.78 is 34.7. The van der Waals surface area contributed by atoms with Crippen LogP contribution in [0.5, 0.6) is 0 Å². The van der Waals surface area contributed by atoms with Gasteiger partial charge in [-0.2, -0.15) is 8.42 Å². The highest BCUT2D eigenvalue weighted by Gasteiger charge is 2.24. The fraction of sp³-hybridized carbons (Fsp3) is 0.136. The number of carbonyl (C=O) groups is 1. The maximum absolute atomic E-state index is 12.1. The number of nitrogens with two attached hydrogens (primary N) is 1. The molecule has 7 nitrogen and oxygen atoms in total. The Labute approximate surface area is 175 Å². The van der Waals surface area contributed by atoms with Crippen LogP contribution in [0.4, 0.5) is 0 Å². The molecular formula is C22H23NO6S. The van der Waals surface area contributed by atoms with Gasteiger partial charge < -0.3 is 15.6 Å². The third-order valence-corrected chi connectivity index (χ3v) is 4.88. The Kier molecular flexibility index (Phi) is 8.70. The molecule has 3 aromatic carbocycles. The average Bonchev–Trinajstić information content (AvgIpc) is 2.78. The van der Waals surface area contributed by atoms with E-state index in [0.717, 1.165) is 5.56 Å². The Morgan fingerprint density at radius 3 is 1.77 bits per heavy atom. The van der Waals surface area contributed by atoms with Gasteiger partial charge in [-0.25, -0.2) is 4.79 Å². The normalized spacial score (nSPS) is 12.8. The Morgan fingerprint density at radius 1 is 0.867 bits per heavy atom. The van der Waals surface area contributed by atoms with E-state index in [1.165, 1.54) is 12.1 Å². The number of rotatable bonds is 6. The number of ether oxygens (including phenoxy) is 1. The first kappa shape index (κ1) is 23.2. The Hall–Kier alpha value is -3.04. The lowest BCUT2D eigenvalue weighted by molar-refractivity contribution is 0.0174. The van der Waals surface area contributed by atoms with Crippen molar-refractivity contribution in [3.8, 4) is 0 Å². The van der Waals surface area contributed by atoms with Crippen molar-refractivity contribution >= 4 is 16.1 Å². The summed E-state index contributed by atoms with van der Waals surface area (Å²) in [5.41, 5.74) is 7.07. The number of aliphatic hydroxyl groups excluding tert-OH is 1. The van der Waals surface area contributed by atoms with Crippen molar-refractivity contribution < 1.29 is 27.6 Å². The van der Waals surface area contributed by atoms with E-state index in [2.05, 4.69) is 0 Å². The fourth-order valence-corrected chi connectivity index (χ4v) is 2.99. The minimum atomic E-state index is -4.00. The molecule has 0 saturated heterocycles. The quantitative estimate of drug-likeness (QED) is 0.406. The summed E-state index contributed by atoms with van der Waals surface area (Å²) >= 11 is 0. The monoisotopic (exact) mass is 429 g/mol. The summed E-state index contributed by atoms with van der Waals surface area (Å²) in [6.07, 6.45) is -0.672. The molecule has 0 aliphatic rings. The van der Waals surface area contributed by atoms with E-state index in [4.69, 9.17) is 15.0 Å². The van der Waals surface area contributed by atoms with Crippen LogP contribution < -0.4 is 5.73 Å². The molecule has 0 radical (unpaired) electrons. The zero-order chi connectivity index (χ0) is 22.0. The van der Waals surface area contributed by atoms with Gasteiger partial charge >= 0.3 is 5.97 Å². The predicted octanol–water partition coefficient (Wildman–Crippen LogP) is 2.84. The van der Waals surface area contributed by atoms with Crippen molar-refractivity contribution in [1.29, 1.82) is 0 Å². The van der Waals surface area contributed by atoms with E-state index in [9.17, 15) is 18.3 Å². The largest absolute Gasteiger partial charge is 0.452 e. The minimum Gasteiger partial charge on any atom is -0.452 e. The number of benzene rings is 3. The lowest BCUT2D eigenvalue weighted by atomic mass is 10.0. The average molecular weight is 429 g/mol. The van der Waals surface area contributed by atoms with E-state index in [-0.39, 0.29) is 11.5 Å². The Balaban J connectivity index is 0.000000269. The second-order valence-electron chi connectivity index (χ2n) is 6.24. The zero-order valence-corrected chi connectivity index (χ0v) is 16.9. The van der Waals surface area contributed by atoms with Gasteiger partial charge in [0, 0.05) is 0 Å². The number of esters is 1. The van der Waals surface area contributed by atoms with Crippen LogP contribution in [0.3, 0.4) is 0 Å². The van der Waals surface area contributed by atoms with Gasteiger partial charge in [0.25, 0.3) is 10.1 Å². The van der Waals surface area contributed by atoms with E-state index < -0.39 is 28.2 Å². The van der Waals surface area contributed by atoms with Crippen LogP contribution in [0.25, 0.3) is 0 Å². The van der Waals surface area contributed by atoms with Crippen molar-refractivity contribution in [2.24, 2.45) is 5.73 Å². The summed E-state index contributed by atoms with van der Waals surface area (Å²) in [5.74, 6) is -0.455. The van der Waals surface area contributed by atoms with Gasteiger partial charge in [-0.3, -0.25) is 4.55 Å². The van der Waals surface area contributed by atoms with Crippen molar-refractivity contribution in [1.82, 2.24) is 0 Å². The Morgan fingerprint density at radius 2 is 1.33 bits per heavy atom. The molecule has 158 valence electrons. The first-order valence-corrected chi connectivity index (χ1v) is 10.5. The molecular weight excluding hydrogens is 406 g/mol. The highest BCUT2D eigenvalue weighted by molar-refractivity contribution is 7.85. The molecule has 0 spiro atoms. The molecule has 0 aromatic heterocycles. The molecule has 2 atom stereocenters. The van der Waals surface area contributed by atoms with Gasteiger partial charge in [-0.15, -0.1) is 0 Å². The standard InChI is InChI=1S/C16H17NO3.C6H6O3S/c17-14(11-18)15(12-7-3-1-4-8-12)20-16(19)13-9-5-2-6-10-13;7-10(8,9)6-4-2-1-3-5-6/h1-10,14-15,18H,11,17H2;1-5H,(H,7,8,9). The molecule has 2 unspecified atom stereocenters. The van der Waals surface area contributed by atoms with Crippen LogP contribution in [-0.2, 0) is 14.9 Å². The lowest BCUT2D eigenvalue weighted by Gasteiger charge is -2.23. The van der Waals surface area contributed by atoms with Crippen molar-refractivity contribution in [3.63, 3.8) is 0 Å². The number of hydrogen-bond acceptors (Lipinski definition) is 6. The summed E-state index contributed by atoms with van der Waals surface area (Å²) in [6, 6.07) is 24.6. The number of carbonyl (C=O) groups excluding carboxylic acids is 1. The maximum Gasteiger partial charge on any atom is 0.338 e. The van der Waals surface area contributed by atoms with Crippen LogP contribution in [0.15, 0.2) is 95.9 Å². The topological polar surface area (TPSA) is 127 Å². The van der Waals surface area contributed by atoms with Gasteiger partial charge in [0.2, 0.25) is 0 Å². The molecule has 8 heteroatoms. The second kappa shape index (κ2) is 11.2. The highest BCUT2D eigenvalue weighted by atomic mass is 32.2. The molecule has 0 aliphatic heterocycles. The summed E-state index contributed by atoms with van der Waals surface area (Å²) in [5, 5.41) is 9.23. The zero-order valence-electron chi connectivity index (χ0n) is 16.0. The van der Waals surface area contributed by atoms with Crippen LogP contribution >= 0.6 is 0 Å². The van der Waals surface area contributed by atoms with Crippen LogP contribution in [0, 0.1) is 0 Å². The number of aliphatic hydroxyl groups is 1. The first-order valence-electron chi connectivity index (χ1n) is 9.03. The highest BCUT2D eigenvalue weighted by Crippen LogP contribution is 2.21. The summed E-state index contributed by atoms with van der Waals surface area (Å²) in [4.78, 5) is 12.0. The van der Waals surface area contributed by atoms with E-state index >= 15 is 0 Å². The van der Waals surface area contributed by atoms with E-state index in [0.29, 0.717) is 5.56 Å². The smallest absolute Gasteiger partial charge is 0.338 e. The van der Waals surface area contributed by atoms with Crippen LogP contribution in [0.2, 0.25) is 0 Å². The molecule has 3 aromatic rings. The molecule has 0 fully saturated rings. The maximum atomic E-state index is 12.1. The van der Waals surface area contributed by atoms with Crippen molar-refractivity contribution in [3.05, 3.63) is 102 Å². The fourth-order valence-electron chi connectivity index (χ4n) is 2.49. The minimum absolute atomic E-state index is 0.0741. The lowest BCUT2D eigenvalue weighted by Crippen LogP contribution is -2.35. The van der Waals surface area contributed by atoms with Gasteiger partial charge in [-0.05, 0) is 29.8 Å². The molecule has 3 rings (SSSR count). The molecule has 0 heterocycles. The molecule has 30 heavy (non-hydrogen) atoms. The molecule has 0 aliphatic carbocycles. The van der Waals surface area contributed by atoms with E-state index in [1.54, 1.807) is 42.5 Å². The van der Waals surface area contributed by atoms with Crippen LogP contribution in [-0.4, -0.2) is 36.7 Å². The summed E-state index contributed by atoms with van der Waals surface area (Å²) in [7, 11) is -4.00. The van der Waals surface area contributed by atoms with Crippen molar-refractivity contribution in [2.45, 2.75) is 17.0 Å². The molecule has 0 amide bonds. The molecule has 0 bridgehead atoms. The predicted molar refractivity (Wildman–Crippen MR) is 112 cm³/mol. The van der Waals surface area contributed by atoms with E-state index in [1.807, 2.05) is 36.4 Å². The SMILES string of the molecule is NC(CO)C(OC(=O)c1ccccc1)c1ccccc1.O=S(=O)(O)c1ccccc1. The third-order valence-electron chi connectivity index (χ3n) is 4.01. The third kappa shape index (κ3) is 7.09. The molecule has 4 N–H and O–H groups in total. The number of hydrogen-bond donors (Lipinski definition) is 3.